The first kappa shape index (κ1) is 16.3. The maximum atomic E-state index is 13.7. The Hall–Kier alpha value is -3.86. The summed E-state index contributed by atoms with van der Waals surface area (Å²) in [5, 5.41) is 6.60. The first-order valence-electron chi connectivity index (χ1n) is 9.09. The minimum atomic E-state index is -0.517. The zero-order valence-electron chi connectivity index (χ0n) is 14.9. The van der Waals surface area contributed by atoms with Crippen molar-refractivity contribution in [3.05, 3.63) is 106 Å². The van der Waals surface area contributed by atoms with E-state index in [2.05, 4.69) is 10.6 Å². The van der Waals surface area contributed by atoms with Crippen LogP contribution in [-0.4, -0.2) is 10.6 Å². The van der Waals surface area contributed by atoms with Crippen molar-refractivity contribution in [2.75, 3.05) is 5.32 Å². The molecule has 5 nitrogen and oxygen atoms in total. The van der Waals surface area contributed by atoms with Gasteiger partial charge in [-0.2, -0.15) is 0 Å². The topological polar surface area (TPSA) is 63.1 Å². The molecule has 0 saturated carbocycles. The largest absolute Gasteiger partial charge is 0.327 e. The fourth-order valence-electron chi connectivity index (χ4n) is 3.85. The van der Waals surface area contributed by atoms with Gasteiger partial charge in [-0.05, 0) is 23.8 Å². The van der Waals surface area contributed by atoms with Crippen LogP contribution < -0.4 is 16.2 Å². The fourth-order valence-corrected chi connectivity index (χ4v) is 3.85. The van der Waals surface area contributed by atoms with Crippen molar-refractivity contribution in [3.63, 3.8) is 0 Å². The van der Waals surface area contributed by atoms with E-state index in [0.29, 0.717) is 11.3 Å². The molecule has 4 aromatic rings. The molecule has 0 fully saturated rings. The maximum Gasteiger partial charge on any atom is 0.320 e. The summed E-state index contributed by atoms with van der Waals surface area (Å²) in [6, 6.07) is 25.9. The lowest BCUT2D eigenvalue weighted by Crippen LogP contribution is -2.43. The average molecular weight is 367 g/mol. The number of pyridine rings is 1. The minimum absolute atomic E-state index is 0.152. The molecule has 1 aromatic heterocycles. The van der Waals surface area contributed by atoms with Crippen LogP contribution in [0.2, 0.25) is 0 Å². The number of urea groups is 1. The molecule has 2 amide bonds. The monoisotopic (exact) mass is 367 g/mol. The lowest BCUT2D eigenvalue weighted by atomic mass is 9.94. The standard InChI is InChI=1S/C23H17N3O2/c27-22-19-20(15-9-3-1-4-10-15)24-23(28)25-21(19)17-13-7-8-14-18(17)26(22)16-11-5-2-6-12-16/h1-14,20H,(H2,24,25,28). The number of nitrogens with one attached hydrogen (secondary N) is 2. The van der Waals surface area contributed by atoms with Crippen LogP contribution in [-0.2, 0) is 0 Å². The molecule has 1 aliphatic rings. The lowest BCUT2D eigenvalue weighted by molar-refractivity contribution is 0.249. The third-order valence-corrected chi connectivity index (χ3v) is 5.07. The Morgan fingerprint density at radius 1 is 0.750 bits per heavy atom. The van der Waals surface area contributed by atoms with E-state index in [-0.39, 0.29) is 11.6 Å². The second-order valence-corrected chi connectivity index (χ2v) is 6.72. The molecule has 0 saturated heterocycles. The smallest absolute Gasteiger partial charge is 0.320 e. The maximum absolute atomic E-state index is 13.7. The van der Waals surface area contributed by atoms with Gasteiger partial charge in [0.1, 0.15) is 0 Å². The molecule has 1 unspecified atom stereocenters. The summed E-state index contributed by atoms with van der Waals surface area (Å²) in [7, 11) is 0. The van der Waals surface area contributed by atoms with E-state index in [1.54, 1.807) is 4.57 Å². The summed E-state index contributed by atoms with van der Waals surface area (Å²) < 4.78 is 1.71. The predicted octanol–water partition coefficient (Wildman–Crippen LogP) is 4.22. The van der Waals surface area contributed by atoms with Gasteiger partial charge in [0.05, 0.1) is 22.8 Å². The number of para-hydroxylation sites is 2. The fraction of sp³-hybridized carbons (Fsp3) is 0.0435. The molecule has 5 rings (SSSR count). The Morgan fingerprint density at radius 3 is 2.14 bits per heavy atom. The molecule has 1 atom stereocenters. The number of anilines is 1. The number of rotatable bonds is 2. The van der Waals surface area contributed by atoms with Crippen molar-refractivity contribution in [3.8, 4) is 5.69 Å². The highest BCUT2D eigenvalue weighted by atomic mass is 16.2. The molecule has 5 heteroatoms. The van der Waals surface area contributed by atoms with Gasteiger partial charge in [0.2, 0.25) is 0 Å². The number of aromatic nitrogens is 1. The Morgan fingerprint density at radius 2 is 1.39 bits per heavy atom. The zero-order valence-corrected chi connectivity index (χ0v) is 14.9. The normalized spacial score (nSPS) is 15.6. The second-order valence-electron chi connectivity index (χ2n) is 6.72. The third-order valence-electron chi connectivity index (χ3n) is 5.07. The van der Waals surface area contributed by atoms with Crippen LogP contribution in [0.25, 0.3) is 16.6 Å². The number of hydrogen-bond acceptors (Lipinski definition) is 2. The highest BCUT2D eigenvalue weighted by Crippen LogP contribution is 2.35. The Labute approximate surface area is 161 Å². The van der Waals surface area contributed by atoms with Gasteiger partial charge in [0.25, 0.3) is 5.56 Å². The van der Waals surface area contributed by atoms with Crippen molar-refractivity contribution < 1.29 is 4.79 Å². The van der Waals surface area contributed by atoms with Crippen molar-refractivity contribution in [1.29, 1.82) is 0 Å². The number of benzene rings is 3. The Kier molecular flexibility index (Phi) is 3.72. The van der Waals surface area contributed by atoms with E-state index in [0.717, 1.165) is 22.2 Å². The van der Waals surface area contributed by atoms with Gasteiger partial charge < -0.3 is 10.6 Å². The van der Waals surface area contributed by atoms with Gasteiger partial charge in [-0.1, -0.05) is 66.7 Å². The quantitative estimate of drug-likeness (QED) is 0.557. The van der Waals surface area contributed by atoms with Crippen LogP contribution in [0.5, 0.6) is 0 Å². The van der Waals surface area contributed by atoms with Crippen LogP contribution in [0.3, 0.4) is 0 Å². The van der Waals surface area contributed by atoms with Gasteiger partial charge in [-0.3, -0.25) is 9.36 Å². The molecule has 28 heavy (non-hydrogen) atoms. The molecule has 0 radical (unpaired) electrons. The molecule has 3 aromatic carbocycles. The summed E-state index contributed by atoms with van der Waals surface area (Å²) >= 11 is 0. The van der Waals surface area contributed by atoms with Gasteiger partial charge in [-0.15, -0.1) is 0 Å². The summed E-state index contributed by atoms with van der Waals surface area (Å²) in [6.07, 6.45) is 0. The summed E-state index contributed by atoms with van der Waals surface area (Å²) in [4.78, 5) is 26.1. The molecular weight excluding hydrogens is 350 g/mol. The summed E-state index contributed by atoms with van der Waals surface area (Å²) in [5.41, 5.74) is 3.37. The minimum Gasteiger partial charge on any atom is -0.327 e. The Balaban J connectivity index is 1.90. The summed E-state index contributed by atoms with van der Waals surface area (Å²) in [6.45, 7) is 0. The van der Waals surface area contributed by atoms with Crippen molar-refractivity contribution >= 4 is 22.6 Å². The van der Waals surface area contributed by atoms with Gasteiger partial charge in [0.15, 0.2) is 0 Å². The first-order chi connectivity index (χ1) is 13.7. The van der Waals surface area contributed by atoms with Crippen LogP contribution >= 0.6 is 0 Å². The number of amides is 2. The molecule has 1 aliphatic heterocycles. The van der Waals surface area contributed by atoms with E-state index in [1.807, 2.05) is 84.9 Å². The Bertz CT molecular complexity index is 1250. The van der Waals surface area contributed by atoms with Crippen LogP contribution in [0.4, 0.5) is 10.5 Å². The van der Waals surface area contributed by atoms with Crippen molar-refractivity contribution in [1.82, 2.24) is 9.88 Å². The molecule has 0 spiro atoms. The number of carbonyl (C=O) groups is 1. The van der Waals surface area contributed by atoms with Crippen molar-refractivity contribution in [2.45, 2.75) is 6.04 Å². The van der Waals surface area contributed by atoms with E-state index >= 15 is 0 Å². The SMILES string of the molecule is O=C1Nc2c(c(=O)n(-c3ccccc3)c3ccccc23)C(c2ccccc2)N1. The highest BCUT2D eigenvalue weighted by Gasteiger charge is 2.31. The van der Waals surface area contributed by atoms with Gasteiger partial charge in [0, 0.05) is 11.1 Å². The third kappa shape index (κ3) is 2.48. The van der Waals surface area contributed by atoms with E-state index < -0.39 is 6.04 Å². The number of hydrogen-bond donors (Lipinski definition) is 2. The zero-order chi connectivity index (χ0) is 19.1. The van der Waals surface area contributed by atoms with Crippen LogP contribution in [0.1, 0.15) is 17.2 Å². The van der Waals surface area contributed by atoms with E-state index in [4.69, 9.17) is 0 Å². The molecule has 0 bridgehead atoms. The number of fused-ring (bicyclic) bond motifs is 3. The highest BCUT2D eigenvalue weighted by molar-refractivity contribution is 6.04. The van der Waals surface area contributed by atoms with E-state index in [1.165, 1.54) is 0 Å². The van der Waals surface area contributed by atoms with Crippen LogP contribution in [0.15, 0.2) is 89.7 Å². The van der Waals surface area contributed by atoms with Crippen LogP contribution in [0, 0.1) is 0 Å². The molecule has 2 heterocycles. The average Bonchev–Trinajstić information content (AvgIpc) is 2.75. The molecular formula is C23H17N3O2. The molecule has 0 aliphatic carbocycles. The first-order valence-corrected chi connectivity index (χ1v) is 9.09. The van der Waals surface area contributed by atoms with Crippen molar-refractivity contribution in [2.24, 2.45) is 0 Å². The lowest BCUT2D eigenvalue weighted by Gasteiger charge is -2.29. The van der Waals surface area contributed by atoms with Gasteiger partial charge in [-0.25, -0.2) is 4.79 Å². The molecule has 2 N–H and O–H groups in total. The predicted molar refractivity (Wildman–Crippen MR) is 110 cm³/mol. The number of carbonyl (C=O) groups excluding carboxylic acids is 1. The van der Waals surface area contributed by atoms with Gasteiger partial charge >= 0.3 is 6.03 Å². The molecule has 136 valence electrons. The summed E-state index contributed by atoms with van der Waals surface area (Å²) in [5.74, 6) is 0. The van der Waals surface area contributed by atoms with E-state index in [9.17, 15) is 9.59 Å². The second kappa shape index (κ2) is 6.39. The number of nitrogens with zero attached hydrogens (tertiary/aromatic N) is 1.